The number of benzene rings is 1. The summed E-state index contributed by atoms with van der Waals surface area (Å²) in [6.07, 6.45) is 4.73. The number of carbonyl (C=O) groups is 1. The molecule has 6 nitrogen and oxygen atoms in total. The first-order valence-electron chi connectivity index (χ1n) is 7.46. The van der Waals surface area contributed by atoms with Crippen LogP contribution in [0.25, 0.3) is 0 Å². The van der Waals surface area contributed by atoms with Crippen molar-refractivity contribution in [3.8, 4) is 0 Å². The number of aliphatic hydroxyl groups excluding tert-OH is 1. The lowest BCUT2D eigenvalue weighted by Gasteiger charge is -2.12. The SMILES string of the molecule is CCCC(O)CNC(=O)Nc1ccc(Cn2cccn2)cc1. The molecule has 2 aromatic rings. The van der Waals surface area contributed by atoms with Gasteiger partial charge in [0.15, 0.2) is 0 Å². The van der Waals surface area contributed by atoms with Crippen molar-refractivity contribution in [3.63, 3.8) is 0 Å². The van der Waals surface area contributed by atoms with E-state index >= 15 is 0 Å². The van der Waals surface area contributed by atoms with Crippen molar-refractivity contribution in [3.05, 3.63) is 48.3 Å². The molecule has 2 amide bonds. The Bertz CT molecular complexity index is 566. The van der Waals surface area contributed by atoms with Crippen molar-refractivity contribution in [2.75, 3.05) is 11.9 Å². The largest absolute Gasteiger partial charge is 0.391 e. The lowest BCUT2D eigenvalue weighted by molar-refractivity contribution is 0.162. The van der Waals surface area contributed by atoms with E-state index < -0.39 is 6.10 Å². The number of hydrogen-bond donors (Lipinski definition) is 3. The highest BCUT2D eigenvalue weighted by Crippen LogP contribution is 2.10. The third kappa shape index (κ3) is 5.21. The molecule has 1 unspecified atom stereocenters. The van der Waals surface area contributed by atoms with E-state index in [9.17, 15) is 9.90 Å². The summed E-state index contributed by atoms with van der Waals surface area (Å²) in [6, 6.07) is 9.16. The molecule has 3 N–H and O–H groups in total. The minimum atomic E-state index is -0.493. The van der Waals surface area contributed by atoms with Crippen LogP contribution in [0.3, 0.4) is 0 Å². The van der Waals surface area contributed by atoms with Gasteiger partial charge in [-0.15, -0.1) is 0 Å². The van der Waals surface area contributed by atoms with E-state index in [1.54, 1.807) is 6.20 Å². The molecule has 22 heavy (non-hydrogen) atoms. The van der Waals surface area contributed by atoms with Crippen LogP contribution in [0.1, 0.15) is 25.3 Å². The van der Waals surface area contributed by atoms with Gasteiger partial charge in [-0.2, -0.15) is 5.10 Å². The molecule has 0 aliphatic carbocycles. The summed E-state index contributed by atoms with van der Waals surface area (Å²) in [5.74, 6) is 0. The quantitative estimate of drug-likeness (QED) is 0.733. The average molecular weight is 302 g/mol. The van der Waals surface area contributed by atoms with Gasteiger partial charge in [0.05, 0.1) is 12.6 Å². The Morgan fingerprint density at radius 3 is 2.77 bits per heavy atom. The predicted molar refractivity (Wildman–Crippen MR) is 85.7 cm³/mol. The van der Waals surface area contributed by atoms with E-state index in [1.165, 1.54) is 0 Å². The predicted octanol–water partition coefficient (Wildman–Crippen LogP) is 2.21. The third-order valence-electron chi connectivity index (χ3n) is 3.24. The van der Waals surface area contributed by atoms with Crippen LogP contribution in [-0.2, 0) is 6.54 Å². The van der Waals surface area contributed by atoms with E-state index in [1.807, 2.05) is 48.1 Å². The zero-order chi connectivity index (χ0) is 15.8. The van der Waals surface area contributed by atoms with Crippen LogP contribution in [0.2, 0.25) is 0 Å². The second-order valence-electron chi connectivity index (χ2n) is 5.18. The molecule has 0 aliphatic rings. The van der Waals surface area contributed by atoms with Gasteiger partial charge >= 0.3 is 6.03 Å². The van der Waals surface area contributed by atoms with E-state index in [0.717, 1.165) is 12.0 Å². The molecule has 0 fully saturated rings. The molecule has 118 valence electrons. The smallest absolute Gasteiger partial charge is 0.319 e. The van der Waals surface area contributed by atoms with Crippen LogP contribution in [0, 0.1) is 0 Å². The molecule has 1 aromatic heterocycles. The minimum absolute atomic E-state index is 0.261. The van der Waals surface area contributed by atoms with Gasteiger partial charge in [0.1, 0.15) is 0 Å². The van der Waals surface area contributed by atoms with Gasteiger partial charge in [0, 0.05) is 24.6 Å². The summed E-state index contributed by atoms with van der Waals surface area (Å²) in [5.41, 5.74) is 1.82. The van der Waals surface area contributed by atoms with Crippen molar-refractivity contribution in [1.82, 2.24) is 15.1 Å². The fraction of sp³-hybridized carbons (Fsp3) is 0.375. The van der Waals surface area contributed by atoms with E-state index in [2.05, 4.69) is 15.7 Å². The first-order valence-corrected chi connectivity index (χ1v) is 7.46. The molecule has 6 heteroatoms. The minimum Gasteiger partial charge on any atom is -0.391 e. The average Bonchev–Trinajstić information content (AvgIpc) is 3.00. The summed E-state index contributed by atoms with van der Waals surface area (Å²) >= 11 is 0. The lowest BCUT2D eigenvalue weighted by atomic mass is 10.2. The maximum Gasteiger partial charge on any atom is 0.319 e. The Morgan fingerprint density at radius 1 is 1.36 bits per heavy atom. The second-order valence-corrected chi connectivity index (χ2v) is 5.18. The molecule has 0 radical (unpaired) electrons. The monoisotopic (exact) mass is 302 g/mol. The van der Waals surface area contributed by atoms with Gasteiger partial charge in [-0.25, -0.2) is 4.79 Å². The van der Waals surface area contributed by atoms with Crippen LogP contribution in [0.4, 0.5) is 10.5 Å². The summed E-state index contributed by atoms with van der Waals surface area (Å²) in [7, 11) is 0. The van der Waals surface area contributed by atoms with Crippen LogP contribution in [-0.4, -0.2) is 33.6 Å². The molecule has 0 bridgehead atoms. The number of anilines is 1. The number of urea groups is 1. The molecule has 1 atom stereocenters. The first-order chi connectivity index (χ1) is 10.7. The van der Waals surface area contributed by atoms with Crippen LogP contribution < -0.4 is 10.6 Å². The Balaban J connectivity index is 1.79. The Labute approximate surface area is 130 Å². The van der Waals surface area contributed by atoms with E-state index in [4.69, 9.17) is 0 Å². The number of aliphatic hydroxyl groups is 1. The zero-order valence-electron chi connectivity index (χ0n) is 12.7. The molecule has 1 heterocycles. The Hall–Kier alpha value is -2.34. The summed E-state index contributed by atoms with van der Waals surface area (Å²) in [6.45, 7) is 2.95. The molecule has 0 spiro atoms. The molecular weight excluding hydrogens is 280 g/mol. The molecule has 0 aliphatic heterocycles. The summed E-state index contributed by atoms with van der Waals surface area (Å²) < 4.78 is 1.84. The van der Waals surface area contributed by atoms with Crippen molar-refractivity contribution >= 4 is 11.7 Å². The highest BCUT2D eigenvalue weighted by molar-refractivity contribution is 5.89. The van der Waals surface area contributed by atoms with Crippen molar-refractivity contribution in [2.45, 2.75) is 32.4 Å². The van der Waals surface area contributed by atoms with Gasteiger partial charge in [-0.3, -0.25) is 4.68 Å². The Kier molecular flexibility index (Phi) is 5.97. The van der Waals surface area contributed by atoms with E-state index in [-0.39, 0.29) is 12.6 Å². The van der Waals surface area contributed by atoms with Crippen LogP contribution in [0.5, 0.6) is 0 Å². The van der Waals surface area contributed by atoms with Crippen molar-refractivity contribution in [2.24, 2.45) is 0 Å². The molecule has 2 rings (SSSR count). The summed E-state index contributed by atoms with van der Waals surface area (Å²) in [4.78, 5) is 11.7. The van der Waals surface area contributed by atoms with Gasteiger partial charge in [-0.05, 0) is 30.2 Å². The number of nitrogens with one attached hydrogen (secondary N) is 2. The van der Waals surface area contributed by atoms with Gasteiger partial charge in [0.2, 0.25) is 0 Å². The first kappa shape index (κ1) is 16.0. The maximum atomic E-state index is 11.7. The number of amides is 2. The standard InChI is InChI=1S/C16H22N4O2/c1-2-4-15(21)11-17-16(22)19-14-7-5-13(6-8-14)12-20-10-3-9-18-20/h3,5-10,15,21H,2,4,11-12H2,1H3,(H2,17,19,22). The van der Waals surface area contributed by atoms with Gasteiger partial charge in [-0.1, -0.05) is 25.5 Å². The molecule has 0 saturated heterocycles. The maximum absolute atomic E-state index is 11.7. The van der Waals surface area contributed by atoms with Crippen LogP contribution >= 0.6 is 0 Å². The highest BCUT2D eigenvalue weighted by atomic mass is 16.3. The van der Waals surface area contributed by atoms with Crippen LogP contribution in [0.15, 0.2) is 42.7 Å². The normalized spacial score (nSPS) is 11.9. The number of aromatic nitrogens is 2. The fourth-order valence-corrected chi connectivity index (χ4v) is 2.10. The van der Waals surface area contributed by atoms with Gasteiger partial charge in [0.25, 0.3) is 0 Å². The molecule has 0 saturated carbocycles. The number of rotatable bonds is 7. The lowest BCUT2D eigenvalue weighted by Crippen LogP contribution is -2.35. The summed E-state index contributed by atoms with van der Waals surface area (Å²) in [5, 5.41) is 19.1. The van der Waals surface area contributed by atoms with E-state index in [0.29, 0.717) is 18.7 Å². The number of hydrogen-bond acceptors (Lipinski definition) is 3. The topological polar surface area (TPSA) is 79.2 Å². The second kappa shape index (κ2) is 8.19. The Morgan fingerprint density at radius 2 is 2.14 bits per heavy atom. The zero-order valence-corrected chi connectivity index (χ0v) is 12.7. The number of nitrogens with zero attached hydrogens (tertiary/aromatic N) is 2. The fourth-order valence-electron chi connectivity index (χ4n) is 2.10. The molecule has 1 aromatic carbocycles. The molecular formula is C16H22N4O2. The number of carbonyl (C=O) groups excluding carboxylic acids is 1. The highest BCUT2D eigenvalue weighted by Gasteiger charge is 2.06. The van der Waals surface area contributed by atoms with Gasteiger partial charge < -0.3 is 15.7 Å². The van der Waals surface area contributed by atoms with Crippen molar-refractivity contribution in [1.29, 1.82) is 0 Å². The third-order valence-corrected chi connectivity index (χ3v) is 3.24. The van der Waals surface area contributed by atoms with Crippen molar-refractivity contribution < 1.29 is 9.90 Å².